The molecule has 36 heavy (non-hydrogen) atoms. The van der Waals surface area contributed by atoms with Crippen molar-refractivity contribution in [2.75, 3.05) is 23.7 Å². The molecule has 0 heterocycles. The average Bonchev–Trinajstić information content (AvgIpc) is 2.81. The van der Waals surface area contributed by atoms with Gasteiger partial charge in [-0.2, -0.15) is 0 Å². The first kappa shape index (κ1) is 29.0. The lowest BCUT2D eigenvalue weighted by molar-refractivity contribution is -0.140. The van der Waals surface area contributed by atoms with Crippen LogP contribution in [-0.4, -0.2) is 56.3 Å². The van der Waals surface area contributed by atoms with E-state index in [1.165, 1.54) is 48.2 Å². The van der Waals surface area contributed by atoms with E-state index in [0.717, 1.165) is 10.6 Å². The van der Waals surface area contributed by atoms with Gasteiger partial charge in [0.25, 0.3) is 0 Å². The van der Waals surface area contributed by atoms with Gasteiger partial charge < -0.3 is 10.2 Å². The van der Waals surface area contributed by atoms with Crippen molar-refractivity contribution >= 4 is 33.3 Å². The minimum Gasteiger partial charge on any atom is -0.354 e. The van der Waals surface area contributed by atoms with Crippen LogP contribution >= 0.6 is 0 Å². The first-order valence-electron chi connectivity index (χ1n) is 11.7. The van der Waals surface area contributed by atoms with Gasteiger partial charge in [0.15, 0.2) is 5.78 Å². The Bertz CT molecular complexity index is 1180. The van der Waals surface area contributed by atoms with Crippen LogP contribution < -0.4 is 9.62 Å². The van der Waals surface area contributed by atoms with Crippen LogP contribution in [0.3, 0.4) is 0 Å². The van der Waals surface area contributed by atoms with E-state index in [0.29, 0.717) is 17.7 Å². The number of hydrogen-bond acceptors (Lipinski definition) is 5. The van der Waals surface area contributed by atoms with Gasteiger partial charge in [0.1, 0.15) is 18.4 Å². The summed E-state index contributed by atoms with van der Waals surface area (Å²) in [7, 11) is -3.92. The van der Waals surface area contributed by atoms with Crippen LogP contribution in [0.15, 0.2) is 48.5 Å². The molecule has 0 aliphatic carbocycles. The quantitative estimate of drug-likeness (QED) is 0.433. The summed E-state index contributed by atoms with van der Waals surface area (Å²) in [4.78, 5) is 39.8. The third-order valence-electron chi connectivity index (χ3n) is 5.56. The number of halogens is 1. The molecule has 1 atom stereocenters. The molecule has 1 N–H and O–H groups in total. The van der Waals surface area contributed by atoms with Crippen molar-refractivity contribution in [1.29, 1.82) is 0 Å². The van der Waals surface area contributed by atoms with Crippen LogP contribution in [0.4, 0.5) is 10.1 Å². The zero-order chi connectivity index (χ0) is 27.0. The Morgan fingerprint density at radius 3 is 2.22 bits per heavy atom. The molecule has 0 saturated carbocycles. The fourth-order valence-corrected chi connectivity index (χ4v) is 4.46. The number of hydrogen-bond donors (Lipinski definition) is 1. The Morgan fingerprint density at radius 2 is 1.69 bits per heavy atom. The molecule has 0 aromatic heterocycles. The number of amides is 2. The standard InChI is InChI=1S/C26H34FN3O5S/c1-6-24(26(33)28-15-18(2)3)29(16-20-10-12-22(27)13-11-20)25(32)17-30(36(5,34)35)23-9-7-8-21(14-23)19(4)31/h7-14,18,24H,6,15-17H2,1-5H3,(H,28,33). The van der Waals surface area contributed by atoms with E-state index in [4.69, 9.17) is 0 Å². The monoisotopic (exact) mass is 519 g/mol. The molecular weight excluding hydrogens is 485 g/mol. The van der Waals surface area contributed by atoms with Gasteiger partial charge in [-0.1, -0.05) is 45.0 Å². The van der Waals surface area contributed by atoms with E-state index in [2.05, 4.69) is 5.32 Å². The molecule has 0 radical (unpaired) electrons. The fourth-order valence-electron chi connectivity index (χ4n) is 3.62. The second kappa shape index (κ2) is 12.6. The molecule has 2 rings (SSSR count). The van der Waals surface area contributed by atoms with Crippen molar-refractivity contribution in [1.82, 2.24) is 10.2 Å². The topological polar surface area (TPSA) is 104 Å². The zero-order valence-electron chi connectivity index (χ0n) is 21.3. The molecule has 2 aromatic rings. The lowest BCUT2D eigenvalue weighted by Crippen LogP contribution is -2.52. The Balaban J connectivity index is 2.45. The maximum absolute atomic E-state index is 13.6. The second-order valence-electron chi connectivity index (χ2n) is 9.09. The fraction of sp³-hybridized carbons (Fsp3) is 0.423. The summed E-state index contributed by atoms with van der Waals surface area (Å²) in [5, 5.41) is 2.84. The first-order valence-corrected chi connectivity index (χ1v) is 13.6. The summed E-state index contributed by atoms with van der Waals surface area (Å²) in [6, 6.07) is 10.7. The average molecular weight is 520 g/mol. The van der Waals surface area contributed by atoms with Gasteiger partial charge in [-0.3, -0.25) is 18.7 Å². The Kier molecular flexibility index (Phi) is 10.2. The summed E-state index contributed by atoms with van der Waals surface area (Å²) in [6.07, 6.45) is 1.26. The van der Waals surface area contributed by atoms with Crippen molar-refractivity contribution in [2.24, 2.45) is 5.92 Å². The number of nitrogens with zero attached hydrogens (tertiary/aromatic N) is 2. The van der Waals surface area contributed by atoms with Crippen LogP contribution in [0.25, 0.3) is 0 Å². The van der Waals surface area contributed by atoms with E-state index < -0.39 is 34.3 Å². The van der Waals surface area contributed by atoms with Gasteiger partial charge in [0.2, 0.25) is 21.8 Å². The van der Waals surface area contributed by atoms with Crippen molar-refractivity contribution < 1.29 is 27.2 Å². The van der Waals surface area contributed by atoms with E-state index in [9.17, 15) is 27.2 Å². The number of anilines is 1. The highest BCUT2D eigenvalue weighted by molar-refractivity contribution is 7.92. The van der Waals surface area contributed by atoms with Crippen molar-refractivity contribution in [3.05, 3.63) is 65.5 Å². The normalized spacial score (nSPS) is 12.2. The van der Waals surface area contributed by atoms with Gasteiger partial charge in [0.05, 0.1) is 11.9 Å². The van der Waals surface area contributed by atoms with Crippen molar-refractivity contribution in [3.63, 3.8) is 0 Å². The second-order valence-corrected chi connectivity index (χ2v) is 11.0. The van der Waals surface area contributed by atoms with Gasteiger partial charge in [-0.15, -0.1) is 0 Å². The molecular formula is C26H34FN3O5S. The number of rotatable bonds is 12. The third kappa shape index (κ3) is 8.15. The molecule has 196 valence electrons. The number of Topliss-reactive ketones (excluding diaryl/α,β-unsaturated/α-hetero) is 1. The predicted octanol–water partition coefficient (Wildman–Crippen LogP) is 3.37. The molecule has 0 aliphatic rings. The lowest BCUT2D eigenvalue weighted by Gasteiger charge is -2.33. The van der Waals surface area contributed by atoms with Crippen LogP contribution in [0.5, 0.6) is 0 Å². The van der Waals surface area contributed by atoms with E-state index in [-0.39, 0.29) is 36.3 Å². The highest BCUT2D eigenvalue weighted by Gasteiger charge is 2.31. The molecule has 2 aromatic carbocycles. The number of carbonyl (C=O) groups excluding carboxylic acids is 3. The Labute approximate surface area is 212 Å². The lowest BCUT2D eigenvalue weighted by atomic mass is 10.1. The summed E-state index contributed by atoms with van der Waals surface area (Å²) >= 11 is 0. The van der Waals surface area contributed by atoms with Crippen LogP contribution in [0.2, 0.25) is 0 Å². The van der Waals surface area contributed by atoms with Gasteiger partial charge >= 0.3 is 0 Å². The molecule has 10 heteroatoms. The van der Waals surface area contributed by atoms with Crippen LogP contribution in [0.1, 0.15) is 50.0 Å². The molecule has 2 amide bonds. The Morgan fingerprint density at radius 1 is 1.06 bits per heavy atom. The molecule has 0 saturated heterocycles. The number of sulfonamides is 1. The van der Waals surface area contributed by atoms with Crippen molar-refractivity contribution in [2.45, 2.75) is 46.7 Å². The molecule has 1 unspecified atom stereocenters. The SMILES string of the molecule is CCC(C(=O)NCC(C)C)N(Cc1ccc(F)cc1)C(=O)CN(c1cccc(C(C)=O)c1)S(C)(=O)=O. The minimum atomic E-state index is -3.92. The predicted molar refractivity (Wildman–Crippen MR) is 138 cm³/mol. The van der Waals surface area contributed by atoms with Gasteiger partial charge in [-0.25, -0.2) is 12.8 Å². The summed E-state index contributed by atoms with van der Waals surface area (Å²) in [5.41, 5.74) is 1.05. The number of carbonyl (C=O) groups is 3. The maximum Gasteiger partial charge on any atom is 0.244 e. The third-order valence-corrected chi connectivity index (χ3v) is 6.70. The maximum atomic E-state index is 13.6. The first-order chi connectivity index (χ1) is 16.8. The minimum absolute atomic E-state index is 0.0161. The zero-order valence-corrected chi connectivity index (χ0v) is 22.1. The Hall–Kier alpha value is -3.27. The number of nitrogens with one attached hydrogen (secondary N) is 1. The molecule has 8 nitrogen and oxygen atoms in total. The highest BCUT2D eigenvalue weighted by atomic mass is 32.2. The molecule has 0 spiro atoms. The number of benzene rings is 2. The number of ketones is 1. The smallest absolute Gasteiger partial charge is 0.244 e. The van der Waals surface area contributed by atoms with E-state index in [1.807, 2.05) is 13.8 Å². The summed E-state index contributed by atoms with van der Waals surface area (Å²) < 4.78 is 39.7. The van der Waals surface area contributed by atoms with Gasteiger partial charge in [-0.05, 0) is 49.1 Å². The molecule has 0 aliphatic heterocycles. The van der Waals surface area contributed by atoms with Crippen LogP contribution in [0, 0.1) is 11.7 Å². The van der Waals surface area contributed by atoms with Gasteiger partial charge in [0, 0.05) is 18.7 Å². The summed E-state index contributed by atoms with van der Waals surface area (Å²) in [5.74, 6) is -1.45. The highest BCUT2D eigenvalue weighted by Crippen LogP contribution is 2.21. The van der Waals surface area contributed by atoms with E-state index >= 15 is 0 Å². The van der Waals surface area contributed by atoms with Crippen LogP contribution in [-0.2, 0) is 26.2 Å². The van der Waals surface area contributed by atoms with E-state index in [1.54, 1.807) is 19.1 Å². The summed E-state index contributed by atoms with van der Waals surface area (Å²) in [6.45, 7) is 6.84. The largest absolute Gasteiger partial charge is 0.354 e. The van der Waals surface area contributed by atoms with Crippen molar-refractivity contribution in [3.8, 4) is 0 Å². The molecule has 0 fully saturated rings. The molecule has 0 bridgehead atoms.